The van der Waals surface area contributed by atoms with E-state index < -0.39 is 0 Å². The van der Waals surface area contributed by atoms with E-state index in [4.69, 9.17) is 25.3 Å². The van der Waals surface area contributed by atoms with E-state index in [0.717, 1.165) is 43.0 Å². The summed E-state index contributed by atoms with van der Waals surface area (Å²) in [4.78, 5) is 4.26. The average molecular weight is 582 g/mol. The van der Waals surface area contributed by atoms with Gasteiger partial charge in [0, 0.05) is 42.2 Å². The molecule has 1 saturated heterocycles. The Morgan fingerprint density at radius 2 is 1.37 bits per heavy atom. The minimum absolute atomic E-state index is 0. The number of hydrogen-bond donors (Lipinski definition) is 0. The maximum absolute atomic E-state index is 5.18. The summed E-state index contributed by atoms with van der Waals surface area (Å²) in [5.41, 5.74) is 4.25. The fourth-order valence-electron chi connectivity index (χ4n) is 3.19. The van der Waals surface area contributed by atoms with E-state index in [1.807, 2.05) is 50.5 Å². The third-order valence-electron chi connectivity index (χ3n) is 4.84. The first kappa shape index (κ1) is 22.5. The van der Waals surface area contributed by atoms with Crippen LogP contribution in [0.3, 0.4) is 0 Å². The van der Waals surface area contributed by atoms with Crippen LogP contribution in [-0.4, -0.2) is 36.8 Å². The molecule has 2 aromatic carbocycles. The van der Waals surface area contributed by atoms with Crippen LogP contribution in [-0.2, 0) is 47.6 Å². The van der Waals surface area contributed by atoms with Crippen molar-refractivity contribution in [3.05, 3.63) is 54.1 Å². The van der Waals surface area contributed by atoms with E-state index in [0.29, 0.717) is 5.92 Å². The Balaban J connectivity index is 0.00000261. The molecule has 149 valence electrons. The molecule has 0 saturated carbocycles. The number of rotatable bonds is 5. The summed E-state index contributed by atoms with van der Waals surface area (Å²) in [6, 6.07) is 16.5. The molecule has 0 N–H and O–H groups in total. The number of azo groups is 1. The van der Waals surface area contributed by atoms with Gasteiger partial charge in [0.2, 0.25) is 0 Å². The van der Waals surface area contributed by atoms with E-state index >= 15 is 0 Å². The fraction of sp³-hybridized carbons (Fsp3) is 0.400. The predicted octanol–water partition coefficient (Wildman–Crippen LogP) is 4.72. The Kier molecular flexibility index (Phi) is 8.92. The summed E-state index contributed by atoms with van der Waals surface area (Å²) in [7, 11) is 4.04. The van der Waals surface area contributed by atoms with Crippen molar-refractivity contribution in [3.8, 4) is 0 Å². The van der Waals surface area contributed by atoms with Gasteiger partial charge in [-0.05, 0) is 73.8 Å². The molecule has 0 aromatic heterocycles. The molecule has 1 heterocycles. The fourth-order valence-corrected chi connectivity index (χ4v) is 3.61. The maximum Gasteiger partial charge on any atom is 0.0858 e. The minimum atomic E-state index is -0.175. The number of anilines is 1. The number of benzene rings is 2. The molecule has 1 aliphatic heterocycles. The molecule has 0 amide bonds. The van der Waals surface area contributed by atoms with E-state index in [2.05, 4.69) is 32.2 Å². The topological polar surface area (TPSA) is 31.2 Å². The molecule has 1 radical (unpaired) electrons. The van der Waals surface area contributed by atoms with Crippen molar-refractivity contribution in [1.82, 2.24) is 4.90 Å². The van der Waals surface area contributed by atoms with Crippen LogP contribution in [0, 0.1) is 0 Å². The predicted molar refractivity (Wildman–Crippen MR) is 113 cm³/mol. The quantitative estimate of drug-likeness (QED) is 0.291. The molecule has 3 rings (SSSR count). The molecular weight excluding hydrogens is 557 g/mol. The Morgan fingerprint density at radius 3 is 1.81 bits per heavy atom. The van der Waals surface area contributed by atoms with Gasteiger partial charge in [-0.2, -0.15) is 10.2 Å². The van der Waals surface area contributed by atoms with Crippen LogP contribution in [0.5, 0.6) is 0 Å². The van der Waals surface area contributed by atoms with Crippen LogP contribution in [0.25, 0.3) is 0 Å². The third kappa shape index (κ3) is 6.38. The largest absolute Gasteiger partial charge is 0.800 e. The summed E-state index contributed by atoms with van der Waals surface area (Å²) in [5, 5.41) is 8.67. The standard InChI is InChI=1S/C20H26N4S2.Au/c1-23(2)19-9-7-18(8-10-19)22-21-17-5-3-15(4-6-17)16-11-13-24(14-12-16)20(25)26;/h3-10,16,20,25-26H,11-14H2,1-2H3;/p-2. The molecule has 1 aliphatic rings. The smallest absolute Gasteiger partial charge is 0.0858 e. The summed E-state index contributed by atoms with van der Waals surface area (Å²) in [6.45, 7) is 1.99. The molecule has 0 atom stereocenters. The number of likely N-dealkylation sites (tertiary alicyclic amines) is 1. The Bertz CT molecular complexity index is 725. The molecule has 4 nitrogen and oxygen atoms in total. The van der Waals surface area contributed by atoms with Gasteiger partial charge >= 0.3 is 0 Å². The van der Waals surface area contributed by atoms with Gasteiger partial charge in [-0.15, -0.1) is 0 Å². The Morgan fingerprint density at radius 1 is 0.889 bits per heavy atom. The van der Waals surface area contributed by atoms with Gasteiger partial charge in [0.25, 0.3) is 0 Å². The van der Waals surface area contributed by atoms with Crippen LogP contribution >= 0.6 is 0 Å². The molecule has 27 heavy (non-hydrogen) atoms. The second kappa shape index (κ2) is 10.7. The second-order valence-corrected chi connectivity index (χ2v) is 8.01. The van der Waals surface area contributed by atoms with Gasteiger partial charge < -0.3 is 35.1 Å². The Hall–Kier alpha value is -0.760. The second-order valence-electron chi connectivity index (χ2n) is 6.82. The third-order valence-corrected chi connectivity index (χ3v) is 5.44. The normalized spacial score (nSPS) is 15.9. The van der Waals surface area contributed by atoms with Gasteiger partial charge in [0.05, 0.1) is 11.4 Å². The Labute approximate surface area is 188 Å². The molecule has 1 fully saturated rings. The zero-order chi connectivity index (χ0) is 18.5. The average Bonchev–Trinajstić information content (AvgIpc) is 2.67. The molecule has 2 aromatic rings. The molecule has 0 unspecified atom stereocenters. The van der Waals surface area contributed by atoms with Crippen molar-refractivity contribution < 1.29 is 22.4 Å². The van der Waals surface area contributed by atoms with Crippen LogP contribution < -0.4 is 4.90 Å². The van der Waals surface area contributed by atoms with Crippen molar-refractivity contribution >= 4 is 42.3 Å². The van der Waals surface area contributed by atoms with E-state index in [1.54, 1.807) is 0 Å². The van der Waals surface area contributed by atoms with Crippen molar-refractivity contribution in [1.29, 1.82) is 0 Å². The van der Waals surface area contributed by atoms with Crippen LogP contribution in [0.15, 0.2) is 58.8 Å². The molecule has 0 spiro atoms. The van der Waals surface area contributed by atoms with Crippen LogP contribution in [0.2, 0.25) is 0 Å². The van der Waals surface area contributed by atoms with Gasteiger partial charge in [-0.25, -0.2) is 4.71 Å². The summed E-state index contributed by atoms with van der Waals surface area (Å²) in [5.74, 6) is 0.583. The van der Waals surface area contributed by atoms with Crippen LogP contribution in [0.4, 0.5) is 17.1 Å². The molecule has 0 aliphatic carbocycles. The molecule has 7 heteroatoms. The zero-order valence-electron chi connectivity index (χ0n) is 15.5. The first-order valence-electron chi connectivity index (χ1n) is 8.88. The van der Waals surface area contributed by atoms with Crippen LogP contribution in [0.1, 0.15) is 24.3 Å². The van der Waals surface area contributed by atoms with Crippen molar-refractivity contribution in [2.45, 2.75) is 23.5 Å². The molecule has 0 bridgehead atoms. The zero-order valence-corrected chi connectivity index (χ0v) is 19.3. The van der Waals surface area contributed by atoms with Crippen molar-refractivity contribution in [3.63, 3.8) is 0 Å². The van der Waals surface area contributed by atoms with E-state index in [1.165, 1.54) is 5.56 Å². The number of nitrogens with zero attached hydrogens (tertiary/aromatic N) is 4. The summed E-state index contributed by atoms with van der Waals surface area (Å²) in [6.07, 6.45) is 2.23. The maximum atomic E-state index is 5.18. The van der Waals surface area contributed by atoms with Crippen molar-refractivity contribution in [2.24, 2.45) is 10.2 Å². The van der Waals surface area contributed by atoms with Gasteiger partial charge in [-0.3, -0.25) is 0 Å². The summed E-state index contributed by atoms with van der Waals surface area (Å²) >= 11 is 10.4. The van der Waals surface area contributed by atoms with Crippen molar-refractivity contribution in [2.75, 3.05) is 32.1 Å². The van der Waals surface area contributed by atoms with E-state index in [-0.39, 0.29) is 27.1 Å². The van der Waals surface area contributed by atoms with Gasteiger partial charge in [0.1, 0.15) is 0 Å². The molecular formula is C20H24AuN4S2-2. The first-order chi connectivity index (χ1) is 12.5. The first-order valence-corrected chi connectivity index (χ1v) is 9.82. The van der Waals surface area contributed by atoms with Gasteiger partial charge in [-0.1, -0.05) is 12.1 Å². The minimum Gasteiger partial charge on any atom is -0.800 e. The van der Waals surface area contributed by atoms with E-state index in [9.17, 15) is 0 Å². The monoisotopic (exact) mass is 581 g/mol. The number of hydrogen-bond acceptors (Lipinski definition) is 6. The summed E-state index contributed by atoms with van der Waals surface area (Å²) < 4.78 is -0.175. The van der Waals surface area contributed by atoms with Gasteiger partial charge in [0.15, 0.2) is 0 Å². The number of piperidine rings is 1. The SMILES string of the molecule is CN(C)c1ccc(N=Nc2ccc(C3CCN(C([S-])[S-])CC3)cc2)cc1.[Au].